The van der Waals surface area contributed by atoms with E-state index in [1.807, 2.05) is 6.92 Å². The minimum Gasteiger partial charge on any atom is -0.375 e. The molecule has 0 aromatic carbocycles. The molecule has 0 saturated carbocycles. The maximum Gasteiger partial charge on any atom is 0.185 e. The minimum atomic E-state index is 0.161. The van der Waals surface area contributed by atoms with Crippen molar-refractivity contribution in [2.75, 3.05) is 6.61 Å². The zero-order valence-electron chi connectivity index (χ0n) is 7.72. The molecule has 0 bridgehead atoms. The molecule has 0 aliphatic carbocycles. The van der Waals surface area contributed by atoms with Crippen molar-refractivity contribution in [2.24, 2.45) is 0 Å². The fraction of sp³-hybridized carbons (Fsp3) is 0.500. The third-order valence-electron chi connectivity index (χ3n) is 2.40. The normalized spacial score (nSPS) is 15.5. The van der Waals surface area contributed by atoms with Crippen LogP contribution >= 0.6 is 0 Å². The van der Waals surface area contributed by atoms with Crippen molar-refractivity contribution in [3.8, 4) is 0 Å². The first-order valence-electron chi connectivity index (χ1n) is 4.63. The first-order valence-corrected chi connectivity index (χ1v) is 4.63. The van der Waals surface area contributed by atoms with Crippen LogP contribution in [0.15, 0.2) is 10.9 Å². The monoisotopic (exact) mass is 179 g/mol. The Morgan fingerprint density at radius 3 is 3.23 bits per heavy atom. The van der Waals surface area contributed by atoms with E-state index < -0.39 is 0 Å². The Balaban J connectivity index is 2.53. The summed E-state index contributed by atoms with van der Waals surface area (Å²) in [7, 11) is 0. The molecule has 3 nitrogen and oxygen atoms in total. The summed E-state index contributed by atoms with van der Waals surface area (Å²) in [5, 5.41) is 0. The molecule has 0 radical (unpaired) electrons. The molecule has 13 heavy (non-hydrogen) atoms. The lowest BCUT2D eigenvalue weighted by Gasteiger charge is -2.16. The van der Waals surface area contributed by atoms with Crippen molar-refractivity contribution in [3.63, 3.8) is 0 Å². The van der Waals surface area contributed by atoms with Crippen LogP contribution in [0, 0.1) is 0 Å². The number of aryl methyl sites for hydroxylation is 1. The Labute approximate surface area is 76.7 Å². The van der Waals surface area contributed by atoms with Crippen LogP contribution in [0.4, 0.5) is 0 Å². The number of hydrogen-bond acceptors (Lipinski definition) is 2. The molecule has 3 heteroatoms. The first kappa shape index (κ1) is 8.51. The summed E-state index contributed by atoms with van der Waals surface area (Å²) in [4.78, 5) is 14.8. The smallest absolute Gasteiger partial charge is 0.185 e. The van der Waals surface area contributed by atoms with E-state index in [0.717, 1.165) is 29.8 Å². The molecule has 0 saturated heterocycles. The molecule has 1 N–H and O–H groups in total. The quantitative estimate of drug-likeness (QED) is 0.699. The van der Waals surface area contributed by atoms with Gasteiger partial charge in [0.25, 0.3) is 0 Å². The van der Waals surface area contributed by atoms with Crippen molar-refractivity contribution in [1.82, 2.24) is 4.98 Å². The molecule has 0 amide bonds. The van der Waals surface area contributed by atoms with Gasteiger partial charge in [-0.1, -0.05) is 6.92 Å². The molecule has 0 fully saturated rings. The van der Waals surface area contributed by atoms with Crippen LogP contribution in [0.3, 0.4) is 0 Å². The predicted octanol–water partition coefficient (Wildman–Crippen LogP) is 1.01. The maximum absolute atomic E-state index is 11.6. The Morgan fingerprint density at radius 2 is 2.46 bits per heavy atom. The molecular weight excluding hydrogens is 166 g/mol. The van der Waals surface area contributed by atoms with E-state index in [0.29, 0.717) is 13.2 Å². The van der Waals surface area contributed by atoms with E-state index in [9.17, 15) is 4.79 Å². The minimum absolute atomic E-state index is 0.161. The highest BCUT2D eigenvalue weighted by Crippen LogP contribution is 2.11. The SMILES string of the molecule is CCc1cc(=O)c2c([nH]1)COCC2. The predicted molar refractivity (Wildman–Crippen MR) is 49.8 cm³/mol. The molecule has 2 heterocycles. The fourth-order valence-corrected chi connectivity index (χ4v) is 1.64. The highest BCUT2D eigenvalue weighted by molar-refractivity contribution is 5.24. The number of hydrogen-bond donors (Lipinski definition) is 1. The van der Waals surface area contributed by atoms with Crippen molar-refractivity contribution < 1.29 is 4.74 Å². The van der Waals surface area contributed by atoms with Gasteiger partial charge in [-0.15, -0.1) is 0 Å². The third kappa shape index (κ3) is 1.52. The molecule has 0 unspecified atom stereocenters. The van der Waals surface area contributed by atoms with Crippen molar-refractivity contribution in [2.45, 2.75) is 26.4 Å². The van der Waals surface area contributed by atoms with Crippen LogP contribution in [-0.2, 0) is 24.2 Å². The van der Waals surface area contributed by atoms with Gasteiger partial charge in [0, 0.05) is 29.4 Å². The van der Waals surface area contributed by atoms with Gasteiger partial charge in [-0.25, -0.2) is 0 Å². The number of H-pyrrole nitrogens is 1. The average molecular weight is 179 g/mol. The zero-order chi connectivity index (χ0) is 9.26. The van der Waals surface area contributed by atoms with Gasteiger partial charge in [0.1, 0.15) is 0 Å². The molecule has 70 valence electrons. The standard InChI is InChI=1S/C10H13NO2/c1-2-7-5-10(12)8-3-4-13-6-9(8)11-7/h5H,2-4,6H2,1H3,(H,11,12). The summed E-state index contributed by atoms with van der Waals surface area (Å²) in [5.74, 6) is 0. The van der Waals surface area contributed by atoms with Gasteiger partial charge < -0.3 is 9.72 Å². The third-order valence-corrected chi connectivity index (χ3v) is 2.40. The Bertz CT molecular complexity index is 368. The van der Waals surface area contributed by atoms with E-state index in [1.54, 1.807) is 6.07 Å². The largest absolute Gasteiger partial charge is 0.375 e. The summed E-state index contributed by atoms with van der Waals surface area (Å²) < 4.78 is 5.28. The summed E-state index contributed by atoms with van der Waals surface area (Å²) in [6, 6.07) is 1.70. The van der Waals surface area contributed by atoms with E-state index in [2.05, 4.69) is 4.98 Å². The number of fused-ring (bicyclic) bond motifs is 1. The van der Waals surface area contributed by atoms with E-state index >= 15 is 0 Å². The number of aromatic amines is 1. The number of ether oxygens (including phenoxy) is 1. The zero-order valence-corrected chi connectivity index (χ0v) is 7.72. The maximum atomic E-state index is 11.6. The van der Waals surface area contributed by atoms with E-state index in [-0.39, 0.29) is 5.43 Å². The van der Waals surface area contributed by atoms with Gasteiger partial charge in [-0.05, 0) is 6.42 Å². The molecule has 2 rings (SSSR count). The van der Waals surface area contributed by atoms with Crippen LogP contribution in [0.1, 0.15) is 23.9 Å². The summed E-state index contributed by atoms with van der Waals surface area (Å²) in [6.07, 6.45) is 1.61. The molecule has 1 aliphatic heterocycles. The molecular formula is C10H13NO2. The summed E-state index contributed by atoms with van der Waals surface area (Å²) in [5.41, 5.74) is 3.03. The second kappa shape index (κ2) is 3.34. The number of pyridine rings is 1. The van der Waals surface area contributed by atoms with Gasteiger partial charge in [-0.3, -0.25) is 4.79 Å². The number of nitrogens with one attached hydrogen (secondary N) is 1. The highest BCUT2D eigenvalue weighted by atomic mass is 16.5. The van der Waals surface area contributed by atoms with Crippen LogP contribution in [-0.4, -0.2) is 11.6 Å². The van der Waals surface area contributed by atoms with Gasteiger partial charge in [0.2, 0.25) is 0 Å². The van der Waals surface area contributed by atoms with E-state index in [4.69, 9.17) is 4.74 Å². The van der Waals surface area contributed by atoms with Crippen LogP contribution in [0.25, 0.3) is 0 Å². The van der Waals surface area contributed by atoms with Crippen LogP contribution in [0.2, 0.25) is 0 Å². The Morgan fingerprint density at radius 1 is 1.62 bits per heavy atom. The number of rotatable bonds is 1. The Kier molecular flexibility index (Phi) is 2.19. The number of aromatic nitrogens is 1. The molecule has 0 spiro atoms. The molecule has 1 aromatic heterocycles. The Hall–Kier alpha value is -1.09. The van der Waals surface area contributed by atoms with Crippen molar-refractivity contribution in [1.29, 1.82) is 0 Å². The van der Waals surface area contributed by atoms with Gasteiger partial charge in [0.05, 0.1) is 13.2 Å². The molecule has 1 aromatic rings. The summed E-state index contributed by atoms with van der Waals surface area (Å²) in [6.45, 7) is 3.25. The first-order chi connectivity index (χ1) is 6.31. The lowest BCUT2D eigenvalue weighted by molar-refractivity contribution is 0.107. The van der Waals surface area contributed by atoms with Crippen molar-refractivity contribution >= 4 is 0 Å². The molecule has 0 atom stereocenters. The van der Waals surface area contributed by atoms with Gasteiger partial charge >= 0.3 is 0 Å². The van der Waals surface area contributed by atoms with Crippen LogP contribution in [0.5, 0.6) is 0 Å². The highest BCUT2D eigenvalue weighted by Gasteiger charge is 2.13. The summed E-state index contributed by atoms with van der Waals surface area (Å²) >= 11 is 0. The van der Waals surface area contributed by atoms with E-state index in [1.165, 1.54) is 0 Å². The molecule has 1 aliphatic rings. The average Bonchev–Trinajstić information content (AvgIpc) is 2.18. The topological polar surface area (TPSA) is 42.1 Å². The lowest BCUT2D eigenvalue weighted by Crippen LogP contribution is -2.22. The van der Waals surface area contributed by atoms with Crippen LogP contribution < -0.4 is 5.43 Å². The van der Waals surface area contributed by atoms with Gasteiger partial charge in [0.15, 0.2) is 5.43 Å². The lowest BCUT2D eigenvalue weighted by atomic mass is 10.1. The second-order valence-corrected chi connectivity index (χ2v) is 3.27. The van der Waals surface area contributed by atoms with Crippen molar-refractivity contribution in [3.05, 3.63) is 33.2 Å². The second-order valence-electron chi connectivity index (χ2n) is 3.27. The van der Waals surface area contributed by atoms with Gasteiger partial charge in [-0.2, -0.15) is 0 Å². The fourth-order valence-electron chi connectivity index (χ4n) is 1.64.